The Kier molecular flexibility index (Phi) is 10.8. The number of hydrogen-bond acceptors (Lipinski definition) is 4. The van der Waals surface area contributed by atoms with Gasteiger partial charge in [-0.25, -0.2) is 15.0 Å². The fourth-order valence-corrected chi connectivity index (χ4v) is 9.14. The fourth-order valence-electron chi connectivity index (χ4n) is 9.14. The summed E-state index contributed by atoms with van der Waals surface area (Å²) in [6.07, 6.45) is 19.4. The number of nitrogens with two attached hydrogens (primary N) is 1. The van der Waals surface area contributed by atoms with Crippen molar-refractivity contribution in [3.8, 4) is 22.3 Å². The molecule has 3 atom stereocenters. The third-order valence-electron chi connectivity index (χ3n) is 12.4. The zero-order chi connectivity index (χ0) is 41.8. The average molecular weight is 804 g/mol. The van der Waals surface area contributed by atoms with Crippen LogP contribution in [-0.4, -0.2) is 17.5 Å². The molecule has 0 saturated carbocycles. The Morgan fingerprint density at radius 2 is 1.35 bits per heavy atom. The highest BCUT2D eigenvalue weighted by molar-refractivity contribution is 6.17. The van der Waals surface area contributed by atoms with E-state index in [0.717, 1.165) is 76.5 Å². The van der Waals surface area contributed by atoms with Crippen molar-refractivity contribution in [1.82, 2.24) is 5.32 Å². The van der Waals surface area contributed by atoms with E-state index in [1.165, 1.54) is 38.9 Å². The molecule has 0 radical (unpaired) electrons. The van der Waals surface area contributed by atoms with Crippen molar-refractivity contribution in [2.75, 3.05) is 0 Å². The normalized spacial score (nSPS) is 18.7. The maximum absolute atomic E-state index is 6.84. The lowest BCUT2D eigenvalue weighted by Gasteiger charge is -2.27. The molecule has 62 heavy (non-hydrogen) atoms. The van der Waals surface area contributed by atoms with Crippen LogP contribution in [0.1, 0.15) is 83.1 Å². The topological polar surface area (TPSA) is 75.1 Å². The van der Waals surface area contributed by atoms with E-state index in [-0.39, 0.29) is 18.0 Å². The molecule has 5 nitrogen and oxygen atoms in total. The van der Waals surface area contributed by atoms with Crippen molar-refractivity contribution >= 4 is 23.2 Å². The van der Waals surface area contributed by atoms with Gasteiger partial charge in [0, 0.05) is 28.5 Å². The zero-order valence-electron chi connectivity index (χ0n) is 35.0. The molecule has 3 unspecified atom stereocenters. The smallest absolute Gasteiger partial charge is 0.169 e. The van der Waals surface area contributed by atoms with E-state index >= 15 is 0 Å². The van der Waals surface area contributed by atoms with Gasteiger partial charge in [0.25, 0.3) is 0 Å². The van der Waals surface area contributed by atoms with Crippen molar-refractivity contribution in [2.45, 2.75) is 50.6 Å². The lowest BCUT2D eigenvalue weighted by molar-refractivity contribution is 0.753. The molecular weight excluding hydrogens is 755 g/mol. The van der Waals surface area contributed by atoms with Crippen LogP contribution >= 0.6 is 0 Å². The first-order valence-electron chi connectivity index (χ1n) is 21.8. The highest BCUT2D eigenvalue weighted by atomic mass is 15.2. The summed E-state index contributed by atoms with van der Waals surface area (Å²) < 4.78 is 0. The minimum absolute atomic E-state index is 0.163. The molecule has 4 aliphatic rings. The third kappa shape index (κ3) is 7.98. The van der Waals surface area contributed by atoms with Gasteiger partial charge in [-0.15, -0.1) is 0 Å². The molecule has 1 aliphatic heterocycles. The van der Waals surface area contributed by atoms with E-state index in [2.05, 4.69) is 176 Å². The molecule has 0 fully saturated rings. The van der Waals surface area contributed by atoms with Crippen LogP contribution in [0.2, 0.25) is 0 Å². The Bertz CT molecular complexity index is 2870. The fraction of sp³-hybridized carbons (Fsp3) is 0.140. The highest BCUT2D eigenvalue weighted by Gasteiger charge is 2.29. The van der Waals surface area contributed by atoms with Crippen LogP contribution in [0.3, 0.4) is 0 Å². The molecule has 0 spiro atoms. The number of fused-ring (bicyclic) bond motifs is 3. The Morgan fingerprint density at radius 3 is 2.06 bits per heavy atom. The molecule has 0 amide bonds. The van der Waals surface area contributed by atoms with E-state index in [4.69, 9.17) is 20.7 Å². The van der Waals surface area contributed by atoms with Crippen LogP contribution in [0.4, 0.5) is 0 Å². The summed E-state index contributed by atoms with van der Waals surface area (Å²) in [6.45, 7) is 2.20. The molecule has 302 valence electrons. The second-order valence-corrected chi connectivity index (χ2v) is 16.4. The SMILES string of the molecule is CC(/C=C(\N=C(N)c1ccc(-c2ccc3c(c2C2C=CC(C4=NC(c5ccccc5)N=C(C5=CCCC=C5)N4)=CC2)Cc2ccccc2-3)cc1)c1ccccc1)c1ccccc1. The van der Waals surface area contributed by atoms with Gasteiger partial charge >= 0.3 is 0 Å². The predicted molar refractivity (Wildman–Crippen MR) is 258 cm³/mol. The van der Waals surface area contributed by atoms with Crippen molar-refractivity contribution in [2.24, 2.45) is 20.7 Å². The van der Waals surface area contributed by atoms with Crippen molar-refractivity contribution < 1.29 is 0 Å². The second kappa shape index (κ2) is 17.3. The molecule has 3 N–H and O–H groups in total. The van der Waals surface area contributed by atoms with Gasteiger partial charge in [0.2, 0.25) is 0 Å². The Balaban J connectivity index is 0.970. The number of hydrogen-bond donors (Lipinski definition) is 2. The Morgan fingerprint density at radius 1 is 0.677 bits per heavy atom. The minimum atomic E-state index is -0.311. The summed E-state index contributed by atoms with van der Waals surface area (Å²) in [5, 5.41) is 3.63. The zero-order valence-corrected chi connectivity index (χ0v) is 35.0. The molecule has 0 aromatic heterocycles. The molecule has 0 saturated heterocycles. The molecule has 1 heterocycles. The molecule has 3 aliphatic carbocycles. The van der Waals surface area contributed by atoms with Crippen LogP contribution in [-0.2, 0) is 6.42 Å². The summed E-state index contributed by atoms with van der Waals surface area (Å²) in [6, 6.07) is 53.3. The summed E-state index contributed by atoms with van der Waals surface area (Å²) in [5.41, 5.74) is 23.4. The van der Waals surface area contributed by atoms with Gasteiger partial charge in [-0.3, -0.25) is 0 Å². The van der Waals surface area contributed by atoms with Gasteiger partial charge in [-0.2, -0.15) is 0 Å². The number of nitrogens with one attached hydrogen (secondary N) is 1. The monoisotopic (exact) mass is 803 g/mol. The number of aliphatic imine (C=N–C) groups is 3. The van der Waals surface area contributed by atoms with Crippen LogP contribution in [0.25, 0.3) is 28.0 Å². The molecule has 10 rings (SSSR count). The van der Waals surface area contributed by atoms with Gasteiger partial charge in [-0.1, -0.05) is 201 Å². The van der Waals surface area contributed by atoms with Crippen molar-refractivity contribution in [3.63, 3.8) is 0 Å². The van der Waals surface area contributed by atoms with Gasteiger partial charge in [0.05, 0.1) is 5.70 Å². The van der Waals surface area contributed by atoms with Gasteiger partial charge in [-0.05, 0) is 81.3 Å². The molecule has 6 aromatic carbocycles. The molecule has 6 aromatic rings. The Labute approximate surface area is 364 Å². The first-order chi connectivity index (χ1) is 30.6. The quantitative estimate of drug-likeness (QED) is 0.107. The van der Waals surface area contributed by atoms with Gasteiger partial charge in [0.15, 0.2) is 6.17 Å². The maximum Gasteiger partial charge on any atom is 0.169 e. The third-order valence-corrected chi connectivity index (χ3v) is 12.4. The lowest BCUT2D eigenvalue weighted by Crippen LogP contribution is -2.37. The standard InChI is InChI=1S/C57H49N5/c1-38(39-16-6-2-7-17-39)36-52(41-18-8-3-9-19-41)59-54(58)43-30-26-40(27-31-43)49-34-35-50-48-25-15-14-24-47(48)37-51(50)53(49)42-28-32-46(33-29-42)57-61-55(44-20-10-4-11-21-44)60-56(62-57)45-22-12-5-13-23-45/h2-4,6-12,14-28,30-36,38,42,55H,5,13,29,37H2,1H3,(H2,58,59)(H,60,61,62)/b52-36-. The van der Waals surface area contributed by atoms with Crippen LogP contribution in [0, 0.1) is 0 Å². The molecular formula is C57H49N5. The summed E-state index contributed by atoms with van der Waals surface area (Å²) in [4.78, 5) is 15.3. The number of rotatable bonds is 10. The van der Waals surface area contributed by atoms with E-state index in [1.807, 2.05) is 30.3 Å². The second-order valence-electron chi connectivity index (χ2n) is 16.4. The van der Waals surface area contributed by atoms with Gasteiger partial charge in [0.1, 0.15) is 17.5 Å². The van der Waals surface area contributed by atoms with Crippen LogP contribution < -0.4 is 11.1 Å². The maximum atomic E-state index is 6.84. The number of nitrogens with zero attached hydrogens (tertiary/aromatic N) is 3. The van der Waals surface area contributed by atoms with E-state index < -0.39 is 0 Å². The van der Waals surface area contributed by atoms with Crippen LogP contribution in [0.15, 0.2) is 220 Å². The summed E-state index contributed by atoms with van der Waals surface area (Å²) in [5.74, 6) is 2.57. The highest BCUT2D eigenvalue weighted by Crippen LogP contribution is 2.46. The number of allylic oxidation sites excluding steroid dienone is 5. The van der Waals surface area contributed by atoms with Crippen molar-refractivity contribution in [1.29, 1.82) is 0 Å². The van der Waals surface area contributed by atoms with E-state index in [0.29, 0.717) is 5.84 Å². The van der Waals surface area contributed by atoms with Crippen LogP contribution in [0.5, 0.6) is 0 Å². The number of benzene rings is 6. The Hall–Kier alpha value is -7.37. The number of amidine groups is 3. The average Bonchev–Trinajstić information content (AvgIpc) is 3.73. The first-order valence-corrected chi connectivity index (χ1v) is 21.8. The first kappa shape index (κ1) is 38.8. The van der Waals surface area contributed by atoms with Gasteiger partial charge < -0.3 is 11.1 Å². The van der Waals surface area contributed by atoms with E-state index in [9.17, 15) is 0 Å². The lowest BCUT2D eigenvalue weighted by atomic mass is 9.80. The van der Waals surface area contributed by atoms with Crippen molar-refractivity contribution in [3.05, 3.63) is 244 Å². The predicted octanol–water partition coefficient (Wildman–Crippen LogP) is 12.8. The summed E-state index contributed by atoms with van der Waals surface area (Å²) >= 11 is 0. The minimum Gasteiger partial charge on any atom is -0.383 e. The summed E-state index contributed by atoms with van der Waals surface area (Å²) in [7, 11) is 0. The molecule has 0 bridgehead atoms. The largest absolute Gasteiger partial charge is 0.383 e. The molecule has 5 heteroatoms. The van der Waals surface area contributed by atoms with E-state index in [1.54, 1.807) is 0 Å².